The molecule has 0 amide bonds. The van der Waals surface area contributed by atoms with Gasteiger partial charge in [-0.2, -0.15) is 0 Å². The predicted octanol–water partition coefficient (Wildman–Crippen LogP) is 1.96. The van der Waals surface area contributed by atoms with E-state index in [1.807, 2.05) is 54.6 Å². The van der Waals surface area contributed by atoms with Crippen LogP contribution in [0.1, 0.15) is 5.56 Å². The number of tetrazole rings is 1. The van der Waals surface area contributed by atoms with E-state index in [1.54, 1.807) is 0 Å². The summed E-state index contributed by atoms with van der Waals surface area (Å²) in [6.45, 7) is 0. The van der Waals surface area contributed by atoms with Crippen molar-refractivity contribution in [1.82, 2.24) is 20.2 Å². The van der Waals surface area contributed by atoms with Crippen molar-refractivity contribution in [1.29, 1.82) is 0 Å². The monoisotopic (exact) mass is 281 g/mol. The number of hydrogen-bond donors (Lipinski definition) is 1. The predicted molar refractivity (Wildman–Crippen MR) is 80.5 cm³/mol. The molecule has 0 spiro atoms. The normalized spacial score (nSPS) is 10.4. The van der Waals surface area contributed by atoms with Crippen LogP contribution in [0, 0.1) is 0 Å². The molecule has 0 aliphatic heterocycles. The minimum Gasteiger partial charge on any atom is -0.389 e. The molecule has 0 radical (unpaired) electrons. The van der Waals surface area contributed by atoms with Crippen molar-refractivity contribution in [2.75, 3.05) is 0 Å². The maximum Gasteiger partial charge on any atom is 0.205 e. The standard InChI is InChI=1S/C14H11N5S/c15-13(20)11-8-4-5-9-12(11)19-17-14(16-18-19)10-6-2-1-3-7-10/h1-9H,(H2,15,20). The number of hydrogen-bond acceptors (Lipinski definition) is 4. The Morgan fingerprint density at radius 2 is 1.70 bits per heavy atom. The van der Waals surface area contributed by atoms with E-state index in [-0.39, 0.29) is 0 Å². The van der Waals surface area contributed by atoms with Gasteiger partial charge in [0, 0.05) is 11.1 Å². The highest BCUT2D eigenvalue weighted by atomic mass is 32.1. The van der Waals surface area contributed by atoms with Gasteiger partial charge in [-0.3, -0.25) is 0 Å². The van der Waals surface area contributed by atoms with Crippen LogP contribution in [-0.2, 0) is 0 Å². The van der Waals surface area contributed by atoms with E-state index in [0.29, 0.717) is 10.8 Å². The van der Waals surface area contributed by atoms with Crippen LogP contribution < -0.4 is 5.73 Å². The largest absolute Gasteiger partial charge is 0.389 e. The zero-order valence-electron chi connectivity index (χ0n) is 10.5. The van der Waals surface area contributed by atoms with E-state index < -0.39 is 0 Å². The highest BCUT2D eigenvalue weighted by Crippen LogP contribution is 2.16. The molecule has 5 nitrogen and oxygen atoms in total. The van der Waals surface area contributed by atoms with Crippen LogP contribution in [0.5, 0.6) is 0 Å². The second-order valence-electron chi connectivity index (χ2n) is 4.15. The lowest BCUT2D eigenvalue weighted by Gasteiger charge is -2.05. The van der Waals surface area contributed by atoms with Crippen molar-refractivity contribution in [3.05, 3.63) is 60.2 Å². The van der Waals surface area contributed by atoms with Crippen molar-refractivity contribution < 1.29 is 0 Å². The summed E-state index contributed by atoms with van der Waals surface area (Å²) < 4.78 is 0. The van der Waals surface area contributed by atoms with Crippen LogP contribution in [0.4, 0.5) is 0 Å². The molecule has 2 N–H and O–H groups in total. The molecule has 0 aliphatic carbocycles. The van der Waals surface area contributed by atoms with E-state index in [4.69, 9.17) is 18.0 Å². The van der Waals surface area contributed by atoms with Crippen molar-refractivity contribution >= 4 is 17.2 Å². The lowest BCUT2D eigenvalue weighted by atomic mass is 10.2. The molecule has 3 aromatic rings. The number of nitrogens with zero attached hydrogens (tertiary/aromatic N) is 4. The number of para-hydroxylation sites is 1. The van der Waals surface area contributed by atoms with Gasteiger partial charge in [0.05, 0.1) is 5.69 Å². The first-order chi connectivity index (χ1) is 9.75. The molecule has 0 fully saturated rings. The third kappa shape index (κ3) is 2.28. The molecule has 1 aromatic heterocycles. The third-order valence-electron chi connectivity index (χ3n) is 2.83. The molecule has 0 aliphatic rings. The third-order valence-corrected chi connectivity index (χ3v) is 3.05. The summed E-state index contributed by atoms with van der Waals surface area (Å²) in [5, 5.41) is 12.5. The Morgan fingerprint density at radius 1 is 1.00 bits per heavy atom. The van der Waals surface area contributed by atoms with Gasteiger partial charge in [0.1, 0.15) is 4.99 Å². The van der Waals surface area contributed by atoms with Crippen LogP contribution in [0.3, 0.4) is 0 Å². The molecule has 20 heavy (non-hydrogen) atoms. The van der Waals surface area contributed by atoms with Crippen LogP contribution in [0.25, 0.3) is 17.1 Å². The van der Waals surface area contributed by atoms with Crippen LogP contribution in [-0.4, -0.2) is 25.2 Å². The van der Waals surface area contributed by atoms with Gasteiger partial charge in [-0.25, -0.2) is 0 Å². The Bertz CT molecular complexity index is 751. The van der Waals surface area contributed by atoms with Gasteiger partial charge >= 0.3 is 0 Å². The van der Waals surface area contributed by atoms with Gasteiger partial charge in [-0.05, 0) is 17.3 Å². The summed E-state index contributed by atoms with van der Waals surface area (Å²) in [5.41, 5.74) is 8.06. The summed E-state index contributed by atoms with van der Waals surface area (Å²) in [4.78, 5) is 1.75. The zero-order chi connectivity index (χ0) is 13.9. The van der Waals surface area contributed by atoms with Gasteiger partial charge in [0.15, 0.2) is 0 Å². The molecule has 1 heterocycles. The second-order valence-corrected chi connectivity index (χ2v) is 4.59. The number of benzene rings is 2. The lowest BCUT2D eigenvalue weighted by Crippen LogP contribution is -2.14. The van der Waals surface area contributed by atoms with E-state index in [0.717, 1.165) is 16.8 Å². The Balaban J connectivity index is 2.05. The molecule has 0 atom stereocenters. The molecule has 0 unspecified atom stereocenters. The topological polar surface area (TPSA) is 69.6 Å². The first kappa shape index (κ1) is 12.4. The fourth-order valence-electron chi connectivity index (χ4n) is 1.88. The molecule has 98 valence electrons. The number of rotatable bonds is 3. The van der Waals surface area contributed by atoms with E-state index in [2.05, 4.69) is 15.4 Å². The first-order valence-corrected chi connectivity index (χ1v) is 6.41. The minimum absolute atomic E-state index is 0.305. The van der Waals surface area contributed by atoms with E-state index in [1.165, 1.54) is 4.80 Å². The molecule has 0 saturated heterocycles. The molecule has 3 rings (SSSR count). The second kappa shape index (κ2) is 5.18. The van der Waals surface area contributed by atoms with Gasteiger partial charge in [0.25, 0.3) is 0 Å². The molecule has 2 aromatic carbocycles. The first-order valence-electron chi connectivity index (χ1n) is 6.00. The SMILES string of the molecule is NC(=S)c1ccccc1-n1nnc(-c2ccccc2)n1. The number of thiocarbonyl (C=S) groups is 1. The summed E-state index contributed by atoms with van der Waals surface area (Å²) in [5.74, 6) is 0.559. The van der Waals surface area contributed by atoms with Crippen LogP contribution in [0.15, 0.2) is 54.6 Å². The van der Waals surface area contributed by atoms with E-state index >= 15 is 0 Å². The maximum atomic E-state index is 5.71. The average Bonchev–Trinajstić information content (AvgIpc) is 2.98. The van der Waals surface area contributed by atoms with Gasteiger partial charge in [-0.15, -0.1) is 15.0 Å². The van der Waals surface area contributed by atoms with Crippen LogP contribution in [0.2, 0.25) is 0 Å². The van der Waals surface area contributed by atoms with Gasteiger partial charge in [-0.1, -0.05) is 54.7 Å². The molecular weight excluding hydrogens is 270 g/mol. The quantitative estimate of drug-likeness (QED) is 0.743. The zero-order valence-corrected chi connectivity index (χ0v) is 11.3. The smallest absolute Gasteiger partial charge is 0.205 e. The lowest BCUT2D eigenvalue weighted by molar-refractivity contribution is 0.719. The molecule has 6 heteroatoms. The maximum absolute atomic E-state index is 5.71. The Morgan fingerprint density at radius 3 is 2.45 bits per heavy atom. The van der Waals surface area contributed by atoms with Gasteiger partial charge < -0.3 is 5.73 Å². The van der Waals surface area contributed by atoms with Crippen molar-refractivity contribution in [3.8, 4) is 17.1 Å². The summed E-state index contributed by atoms with van der Waals surface area (Å²) in [7, 11) is 0. The minimum atomic E-state index is 0.305. The van der Waals surface area contributed by atoms with Crippen LogP contribution >= 0.6 is 12.2 Å². The summed E-state index contributed by atoms with van der Waals surface area (Å²) in [6, 6.07) is 17.1. The van der Waals surface area contributed by atoms with Crippen molar-refractivity contribution in [3.63, 3.8) is 0 Å². The average molecular weight is 281 g/mol. The van der Waals surface area contributed by atoms with Gasteiger partial charge in [0.2, 0.25) is 5.82 Å². The number of nitrogens with two attached hydrogens (primary N) is 1. The Kier molecular flexibility index (Phi) is 3.22. The molecule has 0 saturated carbocycles. The molecule has 0 bridgehead atoms. The molecular formula is C14H11N5S. The highest BCUT2D eigenvalue weighted by molar-refractivity contribution is 7.80. The van der Waals surface area contributed by atoms with E-state index in [9.17, 15) is 0 Å². The highest BCUT2D eigenvalue weighted by Gasteiger charge is 2.11. The fraction of sp³-hybridized carbons (Fsp3) is 0. The van der Waals surface area contributed by atoms with Crippen molar-refractivity contribution in [2.24, 2.45) is 5.73 Å². The summed E-state index contributed by atoms with van der Waals surface area (Å²) >= 11 is 5.04. The van der Waals surface area contributed by atoms with Crippen molar-refractivity contribution in [2.45, 2.75) is 0 Å². The summed E-state index contributed by atoms with van der Waals surface area (Å²) in [6.07, 6.45) is 0. The fourth-order valence-corrected chi connectivity index (χ4v) is 2.05. The Labute approximate surface area is 121 Å². The number of aromatic nitrogens is 4. The Hall–Kier alpha value is -2.60.